The van der Waals surface area contributed by atoms with E-state index < -0.39 is 0 Å². The van der Waals surface area contributed by atoms with Crippen molar-refractivity contribution in [3.05, 3.63) is 28.4 Å². The number of nitrogens with zero attached hydrogens (tertiary/aromatic N) is 6. The SMILES string of the molecule is CCN(CC)C(=O)c1nccc(N=[N+]=[N-])c1OC(=S)N(CC)CC. The van der Waals surface area contributed by atoms with E-state index in [1.165, 1.54) is 12.3 Å². The minimum Gasteiger partial charge on any atom is -0.429 e. The standard InChI is InChI=1S/C15H22N6O2S/c1-5-20(6-2)14(22)12-13(11(18-19-16)9-10-17-12)23-15(24)21(7-3)8-4/h9-10H,5-8H2,1-4H3. The van der Waals surface area contributed by atoms with Gasteiger partial charge in [0.2, 0.25) is 0 Å². The van der Waals surface area contributed by atoms with Gasteiger partial charge in [0, 0.05) is 37.3 Å². The highest BCUT2D eigenvalue weighted by atomic mass is 32.1. The second kappa shape index (κ2) is 9.69. The minimum absolute atomic E-state index is 0.0816. The maximum Gasteiger partial charge on any atom is 0.276 e. The lowest BCUT2D eigenvalue weighted by atomic mass is 10.2. The predicted molar refractivity (Wildman–Crippen MR) is 96.4 cm³/mol. The Kier molecular flexibility index (Phi) is 7.94. The van der Waals surface area contributed by atoms with Crippen LogP contribution in [0.2, 0.25) is 0 Å². The highest BCUT2D eigenvalue weighted by Gasteiger charge is 2.23. The number of carbonyl (C=O) groups is 1. The van der Waals surface area contributed by atoms with E-state index in [1.807, 2.05) is 32.6 Å². The van der Waals surface area contributed by atoms with Gasteiger partial charge in [0.05, 0.1) is 5.69 Å². The van der Waals surface area contributed by atoms with Gasteiger partial charge >= 0.3 is 0 Å². The summed E-state index contributed by atoms with van der Waals surface area (Å²) < 4.78 is 5.72. The molecule has 0 atom stereocenters. The fourth-order valence-corrected chi connectivity index (χ4v) is 2.45. The van der Waals surface area contributed by atoms with E-state index in [2.05, 4.69) is 15.0 Å². The van der Waals surface area contributed by atoms with Crippen LogP contribution in [0.5, 0.6) is 5.75 Å². The Morgan fingerprint density at radius 3 is 2.33 bits per heavy atom. The van der Waals surface area contributed by atoms with Gasteiger partial charge in [-0.05, 0) is 51.5 Å². The third-order valence-electron chi connectivity index (χ3n) is 3.50. The van der Waals surface area contributed by atoms with Gasteiger partial charge in [-0.1, -0.05) is 5.11 Å². The average Bonchev–Trinajstić information content (AvgIpc) is 2.58. The van der Waals surface area contributed by atoms with Crippen LogP contribution in [0.25, 0.3) is 10.4 Å². The zero-order valence-corrected chi connectivity index (χ0v) is 15.2. The summed E-state index contributed by atoms with van der Waals surface area (Å²) in [6, 6.07) is 1.49. The summed E-state index contributed by atoms with van der Waals surface area (Å²) in [6.45, 7) is 10.0. The van der Waals surface area contributed by atoms with Crippen molar-refractivity contribution in [2.24, 2.45) is 5.11 Å². The van der Waals surface area contributed by atoms with E-state index >= 15 is 0 Å². The van der Waals surface area contributed by atoms with Crippen LogP contribution >= 0.6 is 12.2 Å². The van der Waals surface area contributed by atoms with Crippen molar-refractivity contribution in [3.63, 3.8) is 0 Å². The first kappa shape index (κ1) is 19.7. The van der Waals surface area contributed by atoms with E-state index in [0.717, 1.165) is 0 Å². The molecule has 0 aromatic carbocycles. The zero-order valence-electron chi connectivity index (χ0n) is 14.4. The molecule has 0 unspecified atom stereocenters. The van der Waals surface area contributed by atoms with Crippen LogP contribution in [0.3, 0.4) is 0 Å². The Balaban J connectivity index is 3.35. The van der Waals surface area contributed by atoms with Crippen LogP contribution < -0.4 is 4.74 Å². The molecule has 8 nitrogen and oxygen atoms in total. The Morgan fingerprint density at radius 1 is 1.25 bits per heavy atom. The third-order valence-corrected chi connectivity index (χ3v) is 3.84. The van der Waals surface area contributed by atoms with Crippen molar-refractivity contribution < 1.29 is 9.53 Å². The largest absolute Gasteiger partial charge is 0.429 e. The number of pyridine rings is 1. The van der Waals surface area contributed by atoms with Gasteiger partial charge in [0.15, 0.2) is 11.4 Å². The quantitative estimate of drug-likeness (QED) is 0.324. The number of thiocarbonyl (C=S) groups is 1. The molecule has 130 valence electrons. The Bertz CT molecular complexity index is 637. The molecule has 0 saturated carbocycles. The monoisotopic (exact) mass is 350 g/mol. The molecule has 1 heterocycles. The second-order valence-electron chi connectivity index (χ2n) is 4.71. The number of azide groups is 1. The Morgan fingerprint density at radius 2 is 1.83 bits per heavy atom. The molecule has 1 amide bonds. The smallest absolute Gasteiger partial charge is 0.276 e. The average molecular weight is 350 g/mol. The molecule has 0 radical (unpaired) electrons. The molecule has 0 saturated heterocycles. The third kappa shape index (κ3) is 4.56. The number of carbonyl (C=O) groups excluding carboxylic acids is 1. The van der Waals surface area contributed by atoms with Crippen LogP contribution in [0, 0.1) is 0 Å². The van der Waals surface area contributed by atoms with E-state index in [9.17, 15) is 4.79 Å². The molecule has 0 aliphatic rings. The minimum atomic E-state index is -0.299. The summed E-state index contributed by atoms with van der Waals surface area (Å²) in [4.78, 5) is 23.0. The number of rotatable bonds is 7. The van der Waals surface area contributed by atoms with Crippen LogP contribution in [0.15, 0.2) is 17.4 Å². The molecule has 0 aliphatic carbocycles. The van der Waals surface area contributed by atoms with Gasteiger partial charge in [-0.3, -0.25) is 4.79 Å². The normalized spacial score (nSPS) is 9.83. The first-order valence-electron chi connectivity index (χ1n) is 7.83. The summed E-state index contributed by atoms with van der Waals surface area (Å²) in [5.41, 5.74) is 9.01. The first-order valence-corrected chi connectivity index (χ1v) is 8.24. The molecule has 1 aromatic heterocycles. The van der Waals surface area contributed by atoms with E-state index in [4.69, 9.17) is 22.5 Å². The molecule has 24 heavy (non-hydrogen) atoms. The molecule has 0 N–H and O–H groups in total. The molecule has 0 fully saturated rings. The molecule has 1 rings (SSSR count). The highest BCUT2D eigenvalue weighted by molar-refractivity contribution is 7.80. The second-order valence-corrected chi connectivity index (χ2v) is 5.06. The van der Waals surface area contributed by atoms with Gasteiger partial charge in [-0.15, -0.1) is 0 Å². The van der Waals surface area contributed by atoms with Gasteiger partial charge in [-0.2, -0.15) is 0 Å². The van der Waals surface area contributed by atoms with Crippen molar-refractivity contribution >= 4 is 29.0 Å². The zero-order chi connectivity index (χ0) is 18.1. The molecular weight excluding hydrogens is 328 g/mol. The van der Waals surface area contributed by atoms with Gasteiger partial charge in [-0.25, -0.2) is 4.98 Å². The Labute approximate surface area is 147 Å². The van der Waals surface area contributed by atoms with Crippen LogP contribution in [0.4, 0.5) is 5.69 Å². The maximum atomic E-state index is 12.7. The lowest BCUT2D eigenvalue weighted by molar-refractivity contribution is 0.0764. The molecule has 9 heteroatoms. The number of amides is 1. The van der Waals surface area contributed by atoms with E-state index in [1.54, 1.807) is 4.90 Å². The van der Waals surface area contributed by atoms with E-state index in [0.29, 0.717) is 26.2 Å². The fourth-order valence-electron chi connectivity index (χ4n) is 2.11. The summed E-state index contributed by atoms with van der Waals surface area (Å²) in [5.74, 6) is -0.212. The predicted octanol–water partition coefficient (Wildman–Crippen LogP) is 3.51. The van der Waals surface area contributed by atoms with Gasteiger partial charge < -0.3 is 14.5 Å². The fraction of sp³-hybridized carbons (Fsp3) is 0.533. The van der Waals surface area contributed by atoms with Crippen LogP contribution in [-0.4, -0.2) is 52.0 Å². The van der Waals surface area contributed by atoms with Crippen molar-refractivity contribution in [2.75, 3.05) is 26.2 Å². The Hall–Kier alpha value is -2.38. The lowest BCUT2D eigenvalue weighted by Crippen LogP contribution is -2.35. The van der Waals surface area contributed by atoms with Gasteiger partial charge in [0.25, 0.3) is 11.1 Å². The number of hydrogen-bond acceptors (Lipinski definition) is 5. The van der Waals surface area contributed by atoms with Crippen molar-refractivity contribution in [1.29, 1.82) is 0 Å². The van der Waals surface area contributed by atoms with Crippen LogP contribution in [-0.2, 0) is 0 Å². The number of aromatic nitrogens is 1. The van der Waals surface area contributed by atoms with E-state index in [-0.39, 0.29) is 28.2 Å². The van der Waals surface area contributed by atoms with Crippen molar-refractivity contribution in [2.45, 2.75) is 27.7 Å². The summed E-state index contributed by atoms with van der Waals surface area (Å²) in [6.07, 6.45) is 1.41. The van der Waals surface area contributed by atoms with Crippen molar-refractivity contribution in [1.82, 2.24) is 14.8 Å². The van der Waals surface area contributed by atoms with Crippen LogP contribution in [0.1, 0.15) is 38.2 Å². The van der Waals surface area contributed by atoms with Crippen molar-refractivity contribution in [3.8, 4) is 5.75 Å². The summed E-state index contributed by atoms with van der Waals surface area (Å²) >= 11 is 5.28. The highest BCUT2D eigenvalue weighted by Crippen LogP contribution is 2.31. The molecule has 1 aromatic rings. The number of hydrogen-bond donors (Lipinski definition) is 0. The summed E-state index contributed by atoms with van der Waals surface area (Å²) in [5, 5.41) is 3.80. The molecule has 0 bridgehead atoms. The van der Waals surface area contributed by atoms with Gasteiger partial charge in [0.1, 0.15) is 0 Å². The molecular formula is C15H22N6O2S. The maximum absolute atomic E-state index is 12.7. The number of ether oxygens (including phenoxy) is 1. The topological polar surface area (TPSA) is 94.4 Å². The lowest BCUT2D eigenvalue weighted by Gasteiger charge is -2.24. The molecule has 0 aliphatic heterocycles. The molecule has 0 spiro atoms. The summed E-state index contributed by atoms with van der Waals surface area (Å²) in [7, 11) is 0. The first-order chi connectivity index (χ1) is 11.5.